The second-order valence-corrected chi connectivity index (χ2v) is 4.14. The third-order valence-corrected chi connectivity index (χ3v) is 2.73. The maximum atomic E-state index is 11.2. The van der Waals surface area contributed by atoms with Crippen molar-refractivity contribution in [1.82, 2.24) is 4.57 Å². The lowest BCUT2D eigenvalue weighted by Crippen LogP contribution is -2.11. The first-order valence-corrected chi connectivity index (χ1v) is 5.13. The lowest BCUT2D eigenvalue weighted by Gasteiger charge is -1.97. The van der Waals surface area contributed by atoms with Gasteiger partial charge in [-0.3, -0.25) is 9.36 Å². The molecule has 6 heteroatoms. The third-order valence-electron chi connectivity index (χ3n) is 2.24. The number of benzene rings is 1. The van der Waals surface area contributed by atoms with E-state index >= 15 is 0 Å². The normalized spacial score (nSPS) is 10.6. The SMILES string of the molecule is NC(=O)c1cn(C(=O)O)c2ccc(Br)cc12. The van der Waals surface area contributed by atoms with Crippen molar-refractivity contribution in [3.05, 3.63) is 34.4 Å². The number of aromatic nitrogens is 1. The maximum absolute atomic E-state index is 11.2. The molecule has 16 heavy (non-hydrogen) atoms. The standard InChI is InChI=1S/C10H7BrN2O3/c11-5-1-2-8-6(3-5)7(9(12)14)4-13(8)10(15)16/h1-4H,(H2,12,14)(H,15,16). The topological polar surface area (TPSA) is 85.3 Å². The van der Waals surface area contributed by atoms with Gasteiger partial charge < -0.3 is 10.8 Å². The zero-order valence-corrected chi connectivity index (χ0v) is 9.56. The number of carbonyl (C=O) groups is 2. The summed E-state index contributed by atoms with van der Waals surface area (Å²) in [6.07, 6.45) is 0.0710. The van der Waals surface area contributed by atoms with Crippen molar-refractivity contribution in [1.29, 1.82) is 0 Å². The first-order chi connectivity index (χ1) is 7.50. The molecule has 0 saturated carbocycles. The highest BCUT2D eigenvalue weighted by atomic mass is 79.9. The van der Waals surface area contributed by atoms with Crippen LogP contribution in [0.5, 0.6) is 0 Å². The fraction of sp³-hybridized carbons (Fsp3) is 0. The number of hydrogen-bond acceptors (Lipinski definition) is 2. The van der Waals surface area contributed by atoms with Gasteiger partial charge in [0.25, 0.3) is 5.91 Å². The highest BCUT2D eigenvalue weighted by molar-refractivity contribution is 9.10. The Hall–Kier alpha value is -1.82. The molecule has 0 atom stereocenters. The van der Waals surface area contributed by atoms with Gasteiger partial charge in [-0.1, -0.05) is 15.9 Å². The molecule has 1 aromatic carbocycles. The fourth-order valence-electron chi connectivity index (χ4n) is 1.56. The van der Waals surface area contributed by atoms with Crippen molar-refractivity contribution in [2.75, 3.05) is 0 Å². The molecule has 0 radical (unpaired) electrons. The number of halogens is 1. The minimum Gasteiger partial charge on any atom is -0.464 e. The molecule has 0 fully saturated rings. The van der Waals surface area contributed by atoms with Crippen molar-refractivity contribution in [3.8, 4) is 0 Å². The Morgan fingerprint density at radius 1 is 1.38 bits per heavy atom. The minimum absolute atomic E-state index is 0.193. The summed E-state index contributed by atoms with van der Waals surface area (Å²) in [7, 11) is 0. The molecular formula is C10H7BrN2O3. The van der Waals surface area contributed by atoms with Gasteiger partial charge in [0.15, 0.2) is 0 Å². The van der Waals surface area contributed by atoms with E-state index in [4.69, 9.17) is 10.8 Å². The highest BCUT2D eigenvalue weighted by Gasteiger charge is 2.15. The van der Waals surface area contributed by atoms with Crippen molar-refractivity contribution in [3.63, 3.8) is 0 Å². The first kappa shape index (κ1) is 10.7. The summed E-state index contributed by atoms with van der Waals surface area (Å²) in [5, 5.41) is 9.46. The molecule has 0 unspecified atom stereocenters. The first-order valence-electron chi connectivity index (χ1n) is 4.34. The molecule has 2 aromatic rings. The Balaban J connectivity index is 2.87. The number of amides is 1. The molecule has 0 spiro atoms. The van der Waals surface area contributed by atoms with Crippen molar-refractivity contribution < 1.29 is 14.7 Å². The van der Waals surface area contributed by atoms with E-state index in [0.29, 0.717) is 10.9 Å². The lowest BCUT2D eigenvalue weighted by molar-refractivity contribution is 0.100. The van der Waals surface area contributed by atoms with E-state index in [9.17, 15) is 9.59 Å². The number of hydrogen-bond donors (Lipinski definition) is 2. The molecule has 0 aliphatic heterocycles. The van der Waals surface area contributed by atoms with Crippen LogP contribution in [-0.2, 0) is 0 Å². The van der Waals surface area contributed by atoms with E-state index in [0.717, 1.165) is 9.04 Å². The second-order valence-electron chi connectivity index (χ2n) is 3.22. The van der Waals surface area contributed by atoms with Gasteiger partial charge in [0.2, 0.25) is 0 Å². The molecule has 0 bridgehead atoms. The van der Waals surface area contributed by atoms with E-state index in [1.165, 1.54) is 6.20 Å². The van der Waals surface area contributed by atoms with Gasteiger partial charge in [-0.05, 0) is 18.2 Å². The predicted octanol–water partition coefficient (Wildman–Crippen LogP) is 2.03. The zero-order chi connectivity index (χ0) is 11.9. The van der Waals surface area contributed by atoms with E-state index < -0.39 is 12.0 Å². The van der Waals surface area contributed by atoms with Gasteiger partial charge in [-0.25, -0.2) is 4.79 Å². The van der Waals surface area contributed by atoms with Gasteiger partial charge >= 0.3 is 6.09 Å². The van der Waals surface area contributed by atoms with E-state index in [1.54, 1.807) is 18.2 Å². The molecule has 3 N–H and O–H groups in total. The van der Waals surface area contributed by atoms with Crippen LogP contribution in [0.4, 0.5) is 4.79 Å². The molecule has 5 nitrogen and oxygen atoms in total. The molecule has 1 heterocycles. The fourth-order valence-corrected chi connectivity index (χ4v) is 1.92. The number of rotatable bonds is 1. The molecule has 2 rings (SSSR count). The van der Waals surface area contributed by atoms with Crippen LogP contribution >= 0.6 is 15.9 Å². The maximum Gasteiger partial charge on any atom is 0.416 e. The summed E-state index contributed by atoms with van der Waals surface area (Å²) in [5.74, 6) is -0.650. The van der Waals surface area contributed by atoms with Crippen LogP contribution in [-0.4, -0.2) is 21.7 Å². The summed E-state index contributed by atoms with van der Waals surface area (Å²) in [5.41, 5.74) is 5.81. The molecule has 82 valence electrons. The molecule has 0 aliphatic rings. The largest absolute Gasteiger partial charge is 0.464 e. The molecule has 1 amide bonds. The number of carboxylic acid groups (broad SMARTS) is 1. The average molecular weight is 283 g/mol. The number of carbonyl (C=O) groups excluding carboxylic acids is 1. The lowest BCUT2D eigenvalue weighted by atomic mass is 10.2. The monoisotopic (exact) mass is 282 g/mol. The second kappa shape index (κ2) is 3.64. The van der Waals surface area contributed by atoms with Crippen LogP contribution in [0.15, 0.2) is 28.9 Å². The van der Waals surface area contributed by atoms with Crippen LogP contribution < -0.4 is 5.73 Å². The summed E-state index contributed by atoms with van der Waals surface area (Å²) in [4.78, 5) is 22.1. The van der Waals surface area contributed by atoms with Crippen LogP contribution in [0, 0.1) is 0 Å². The number of fused-ring (bicyclic) bond motifs is 1. The van der Waals surface area contributed by atoms with Gasteiger partial charge in [-0.15, -0.1) is 0 Å². The van der Waals surface area contributed by atoms with Crippen molar-refractivity contribution in [2.45, 2.75) is 0 Å². The zero-order valence-electron chi connectivity index (χ0n) is 7.98. The van der Waals surface area contributed by atoms with E-state index in [-0.39, 0.29) is 5.56 Å². The molecule has 1 aromatic heterocycles. The van der Waals surface area contributed by atoms with E-state index in [1.807, 2.05) is 0 Å². The van der Waals surface area contributed by atoms with Crippen molar-refractivity contribution >= 4 is 38.8 Å². The number of nitrogens with two attached hydrogens (primary N) is 1. The van der Waals surface area contributed by atoms with Gasteiger partial charge in [0.05, 0.1) is 11.1 Å². The van der Waals surface area contributed by atoms with Crippen LogP contribution in [0.25, 0.3) is 10.9 Å². The Kier molecular flexibility index (Phi) is 2.43. The molecular weight excluding hydrogens is 276 g/mol. The van der Waals surface area contributed by atoms with Crippen LogP contribution in [0.3, 0.4) is 0 Å². The Bertz CT molecular complexity index is 603. The number of nitrogens with zero attached hydrogens (tertiary/aromatic N) is 1. The average Bonchev–Trinajstić information content (AvgIpc) is 2.56. The number of primary amides is 1. The Morgan fingerprint density at radius 3 is 2.62 bits per heavy atom. The van der Waals surface area contributed by atoms with E-state index in [2.05, 4.69) is 15.9 Å². The summed E-state index contributed by atoms with van der Waals surface area (Å²) in [6.45, 7) is 0. The van der Waals surface area contributed by atoms with Crippen LogP contribution in [0.2, 0.25) is 0 Å². The predicted molar refractivity (Wildman–Crippen MR) is 61.6 cm³/mol. The van der Waals surface area contributed by atoms with Crippen molar-refractivity contribution in [2.24, 2.45) is 5.73 Å². The van der Waals surface area contributed by atoms with Gasteiger partial charge in [0, 0.05) is 16.1 Å². The minimum atomic E-state index is -1.15. The van der Waals surface area contributed by atoms with Gasteiger partial charge in [0.1, 0.15) is 0 Å². The summed E-state index contributed by atoms with van der Waals surface area (Å²) >= 11 is 3.25. The summed E-state index contributed by atoms with van der Waals surface area (Å²) < 4.78 is 1.73. The Labute approximate surface area is 98.6 Å². The van der Waals surface area contributed by atoms with Gasteiger partial charge in [-0.2, -0.15) is 0 Å². The quantitative estimate of drug-likeness (QED) is 0.839. The Morgan fingerprint density at radius 2 is 2.06 bits per heavy atom. The summed E-state index contributed by atoms with van der Waals surface area (Å²) in [6, 6.07) is 4.97. The third kappa shape index (κ3) is 1.57. The molecule has 0 saturated heterocycles. The van der Waals surface area contributed by atoms with Crippen LogP contribution in [0.1, 0.15) is 10.4 Å². The highest BCUT2D eigenvalue weighted by Crippen LogP contribution is 2.24. The smallest absolute Gasteiger partial charge is 0.416 e. The molecule has 0 aliphatic carbocycles.